The van der Waals surface area contributed by atoms with Crippen LogP contribution in [0.15, 0.2) is 23.3 Å². The van der Waals surface area contributed by atoms with Gasteiger partial charge in [-0.15, -0.1) is 24.0 Å². The smallest absolute Gasteiger partial charge is 0.357 e. The van der Waals surface area contributed by atoms with E-state index < -0.39 is 15.5 Å². The van der Waals surface area contributed by atoms with E-state index in [1.165, 1.54) is 0 Å². The molecule has 1 fully saturated rings. The molecule has 1 aromatic heterocycles. The highest BCUT2D eigenvalue weighted by molar-refractivity contribution is 14.0. The molecule has 1 aliphatic heterocycles. The molecule has 2 N–H and O–H groups in total. The minimum absolute atomic E-state index is 0. The van der Waals surface area contributed by atoms with Gasteiger partial charge in [-0.1, -0.05) is 17.7 Å². The highest BCUT2D eigenvalue weighted by Gasteiger charge is 2.50. The maximum absolute atomic E-state index is 12.6. The summed E-state index contributed by atoms with van der Waals surface area (Å²) in [5.41, 5.74) is -4.28. The summed E-state index contributed by atoms with van der Waals surface area (Å²) >= 11 is 5.75. The molecule has 0 bridgehead atoms. The van der Waals surface area contributed by atoms with Crippen molar-refractivity contribution in [1.82, 2.24) is 19.9 Å². The Bertz CT molecular complexity index is 770. The van der Waals surface area contributed by atoms with Crippen LogP contribution in [0.3, 0.4) is 0 Å². The minimum Gasteiger partial charge on any atom is -0.357 e. The van der Waals surface area contributed by atoms with E-state index in [-0.39, 0.29) is 55.9 Å². The topological polar surface area (TPSA) is 86.7 Å². The van der Waals surface area contributed by atoms with Crippen LogP contribution in [0.25, 0.3) is 0 Å². The van der Waals surface area contributed by atoms with Gasteiger partial charge in [0.05, 0.1) is 0 Å². The van der Waals surface area contributed by atoms with E-state index in [9.17, 15) is 21.6 Å². The lowest BCUT2D eigenvalue weighted by Crippen LogP contribution is -2.51. The van der Waals surface area contributed by atoms with Crippen molar-refractivity contribution in [2.75, 3.05) is 26.2 Å². The third-order valence-corrected chi connectivity index (χ3v) is 6.08. The summed E-state index contributed by atoms with van der Waals surface area (Å²) < 4.78 is 61.3. The van der Waals surface area contributed by atoms with Crippen LogP contribution in [0, 0.1) is 0 Å². The molecular weight excluding hydrogens is 546 g/mol. The molecule has 29 heavy (non-hydrogen) atoms. The van der Waals surface area contributed by atoms with Gasteiger partial charge in [0.2, 0.25) is 0 Å². The van der Waals surface area contributed by atoms with Crippen molar-refractivity contribution >= 4 is 51.6 Å². The van der Waals surface area contributed by atoms with E-state index in [0.717, 1.165) is 5.56 Å². The fraction of sp³-hybridized carbons (Fsp3) is 0.625. The third-order valence-electron chi connectivity index (χ3n) is 4.23. The van der Waals surface area contributed by atoms with E-state index in [1.54, 1.807) is 12.3 Å². The molecule has 13 heteroatoms. The SMILES string of the molecule is CCNC(=NCCc1ccc(Cl)nc1)NC1CCN(S(=O)(=O)C(F)(F)F)CC1.I. The molecule has 0 radical (unpaired) electrons. The lowest BCUT2D eigenvalue weighted by molar-refractivity contribution is -0.0494. The van der Waals surface area contributed by atoms with E-state index in [1.807, 2.05) is 13.0 Å². The predicted molar refractivity (Wildman–Crippen MR) is 117 cm³/mol. The zero-order valence-electron chi connectivity index (χ0n) is 15.7. The number of pyridine rings is 1. The Morgan fingerprint density at radius 1 is 1.34 bits per heavy atom. The number of alkyl halides is 3. The molecule has 0 atom stereocenters. The summed E-state index contributed by atoms with van der Waals surface area (Å²) in [6.07, 6.45) is 2.86. The summed E-state index contributed by atoms with van der Waals surface area (Å²) in [6, 6.07) is 3.41. The molecule has 166 valence electrons. The van der Waals surface area contributed by atoms with E-state index in [0.29, 0.717) is 34.9 Å². The monoisotopic (exact) mass is 569 g/mol. The highest BCUT2D eigenvalue weighted by Crippen LogP contribution is 2.28. The standard InChI is InChI=1S/C16H23ClF3N5O2S.HI/c1-2-21-15(22-8-5-12-3-4-14(17)23-11-12)24-13-6-9-25(10-7-13)28(26,27)16(18,19)20;/h3-4,11,13H,2,5-10H2,1H3,(H2,21,22,24);1H. The first-order valence-electron chi connectivity index (χ1n) is 8.85. The quantitative estimate of drug-likeness (QED) is 0.238. The Kier molecular flexibility index (Phi) is 10.4. The predicted octanol–water partition coefficient (Wildman–Crippen LogP) is 2.76. The number of halogens is 5. The van der Waals surface area contributed by atoms with Crippen LogP contribution >= 0.6 is 35.6 Å². The first-order valence-corrected chi connectivity index (χ1v) is 10.7. The Labute approximate surface area is 190 Å². The zero-order valence-corrected chi connectivity index (χ0v) is 19.6. The number of piperidine rings is 1. The molecule has 0 unspecified atom stereocenters. The lowest BCUT2D eigenvalue weighted by atomic mass is 10.1. The number of aromatic nitrogens is 1. The Morgan fingerprint density at radius 3 is 2.52 bits per heavy atom. The maximum Gasteiger partial charge on any atom is 0.511 e. The second-order valence-electron chi connectivity index (χ2n) is 6.27. The van der Waals surface area contributed by atoms with Gasteiger partial charge < -0.3 is 10.6 Å². The largest absolute Gasteiger partial charge is 0.511 e. The number of nitrogens with zero attached hydrogens (tertiary/aromatic N) is 3. The van der Waals surface area contributed by atoms with Gasteiger partial charge in [0, 0.05) is 38.4 Å². The van der Waals surface area contributed by atoms with Crippen LogP contribution < -0.4 is 10.6 Å². The average molecular weight is 570 g/mol. The molecular formula is C16H24ClF3IN5O2S. The molecule has 0 aliphatic carbocycles. The van der Waals surface area contributed by atoms with Gasteiger partial charge in [-0.25, -0.2) is 13.4 Å². The Hall–Kier alpha value is -0.860. The molecule has 0 amide bonds. The summed E-state index contributed by atoms with van der Waals surface area (Å²) in [4.78, 5) is 8.46. The Balaban J connectivity index is 0.00000420. The van der Waals surface area contributed by atoms with Crippen molar-refractivity contribution in [3.63, 3.8) is 0 Å². The van der Waals surface area contributed by atoms with Crippen LogP contribution in [0.1, 0.15) is 25.3 Å². The third kappa shape index (κ3) is 7.72. The number of guanidine groups is 1. The second-order valence-corrected chi connectivity index (χ2v) is 8.58. The van der Waals surface area contributed by atoms with Crippen LogP contribution in [0.4, 0.5) is 13.2 Å². The number of aliphatic imine (C=N–C) groups is 1. The molecule has 1 aromatic rings. The van der Waals surface area contributed by atoms with Crippen molar-refractivity contribution in [1.29, 1.82) is 0 Å². The van der Waals surface area contributed by atoms with Gasteiger partial charge in [0.15, 0.2) is 5.96 Å². The van der Waals surface area contributed by atoms with Crippen molar-refractivity contribution in [3.8, 4) is 0 Å². The summed E-state index contributed by atoms with van der Waals surface area (Å²) in [7, 11) is -5.27. The van der Waals surface area contributed by atoms with Gasteiger partial charge in [-0.2, -0.15) is 17.5 Å². The first-order chi connectivity index (χ1) is 13.1. The van der Waals surface area contributed by atoms with Crippen LogP contribution in [0.5, 0.6) is 0 Å². The summed E-state index contributed by atoms with van der Waals surface area (Å²) in [5.74, 6) is 0.543. The molecule has 1 aliphatic rings. The number of hydrogen-bond donors (Lipinski definition) is 2. The number of nitrogens with one attached hydrogen (secondary N) is 2. The van der Waals surface area contributed by atoms with Crippen molar-refractivity contribution < 1.29 is 21.6 Å². The van der Waals surface area contributed by atoms with Crippen LogP contribution in [-0.4, -0.2) is 61.4 Å². The summed E-state index contributed by atoms with van der Waals surface area (Å²) in [6.45, 7) is 2.64. The first kappa shape index (κ1) is 26.2. The fourth-order valence-electron chi connectivity index (χ4n) is 2.75. The van der Waals surface area contributed by atoms with Crippen molar-refractivity contribution in [2.24, 2.45) is 4.99 Å². The van der Waals surface area contributed by atoms with Crippen LogP contribution in [-0.2, 0) is 16.4 Å². The van der Waals surface area contributed by atoms with E-state index in [2.05, 4.69) is 20.6 Å². The van der Waals surface area contributed by atoms with E-state index >= 15 is 0 Å². The molecule has 0 saturated carbocycles. The molecule has 0 aromatic carbocycles. The van der Waals surface area contributed by atoms with Crippen LogP contribution in [0.2, 0.25) is 5.15 Å². The maximum atomic E-state index is 12.6. The van der Waals surface area contributed by atoms with Gasteiger partial charge in [0.1, 0.15) is 5.15 Å². The molecule has 1 saturated heterocycles. The lowest BCUT2D eigenvalue weighted by Gasteiger charge is -2.32. The number of hydrogen-bond acceptors (Lipinski definition) is 4. The number of sulfonamides is 1. The Morgan fingerprint density at radius 2 is 2.00 bits per heavy atom. The highest BCUT2D eigenvalue weighted by atomic mass is 127. The molecule has 0 spiro atoms. The van der Waals surface area contributed by atoms with E-state index in [4.69, 9.17) is 11.6 Å². The second kappa shape index (κ2) is 11.5. The molecule has 2 rings (SSSR count). The number of rotatable bonds is 6. The normalized spacial score (nSPS) is 16.9. The average Bonchev–Trinajstić information content (AvgIpc) is 2.63. The van der Waals surface area contributed by atoms with Crippen molar-refractivity contribution in [2.45, 2.75) is 37.7 Å². The van der Waals surface area contributed by atoms with Crippen molar-refractivity contribution in [3.05, 3.63) is 29.0 Å². The fourth-order valence-corrected chi connectivity index (χ4v) is 3.85. The van der Waals surface area contributed by atoms with Gasteiger partial charge in [0.25, 0.3) is 0 Å². The summed E-state index contributed by atoms with van der Waals surface area (Å²) in [5, 5.41) is 6.66. The minimum atomic E-state index is -5.27. The zero-order chi connectivity index (χ0) is 20.8. The molecule has 7 nitrogen and oxygen atoms in total. The molecule has 2 heterocycles. The van der Waals surface area contributed by atoms with Gasteiger partial charge >= 0.3 is 15.5 Å². The van der Waals surface area contributed by atoms with Gasteiger partial charge in [-0.3, -0.25) is 4.99 Å². The van der Waals surface area contributed by atoms with Gasteiger partial charge in [-0.05, 0) is 37.8 Å².